The third-order valence-corrected chi connectivity index (χ3v) is 0.677. The second-order valence-electron chi connectivity index (χ2n) is 1.28. The molecule has 0 aromatic heterocycles. The van der Waals surface area contributed by atoms with E-state index >= 15 is 0 Å². The molecule has 0 unspecified atom stereocenters. The Morgan fingerprint density at radius 1 is 1.00 bits per heavy atom. The summed E-state index contributed by atoms with van der Waals surface area (Å²) in [6, 6.07) is 5.85. The van der Waals surface area contributed by atoms with Crippen LogP contribution in [0.1, 0.15) is 0 Å². The van der Waals surface area contributed by atoms with Crippen molar-refractivity contribution in [3.05, 3.63) is 35.9 Å². The first-order valence-electron chi connectivity index (χ1n) is 2.04. The molecule has 0 bridgehead atoms. The molecule has 0 amide bonds. The number of benzene rings is 1. The molecule has 0 saturated carbocycles. The third kappa shape index (κ3) is 1.03. The van der Waals surface area contributed by atoms with Gasteiger partial charge in [0.2, 0.25) is 0 Å². The summed E-state index contributed by atoms with van der Waals surface area (Å²) in [4.78, 5) is 0. The second-order valence-corrected chi connectivity index (χ2v) is 1.28. The predicted octanol–water partition coefficient (Wildman–Crippen LogP) is 1.57. The Hall–Kier alpha value is -0.920. The summed E-state index contributed by atoms with van der Waals surface area (Å²) in [7, 11) is 0. The fraction of sp³-hybridized carbons (Fsp3) is 0. The standard InChI is InChI=1S/C6H2F2/c7-5-1-2-6(8)4-3-5/h1-2H. The molecule has 0 fully saturated rings. The highest BCUT2D eigenvalue weighted by atomic mass is 19.1. The summed E-state index contributed by atoms with van der Waals surface area (Å²) in [5.74, 6) is -1.18. The van der Waals surface area contributed by atoms with Crippen LogP contribution in [0.4, 0.5) is 8.78 Å². The molecule has 2 heteroatoms. The van der Waals surface area contributed by atoms with Crippen LogP contribution in [0.25, 0.3) is 0 Å². The average molecular weight is 112 g/mol. The number of hydrogen-bond acceptors (Lipinski definition) is 0. The minimum Gasteiger partial charge on any atom is -0.206 e. The highest BCUT2D eigenvalue weighted by Crippen LogP contribution is 1.96. The Kier molecular flexibility index (Phi) is 1.24. The topological polar surface area (TPSA) is 0 Å². The Morgan fingerprint density at radius 3 is 1.62 bits per heavy atom. The number of hydrogen-bond donors (Lipinski definition) is 0. The maximum Gasteiger partial charge on any atom is 0.131 e. The van der Waals surface area contributed by atoms with Gasteiger partial charge in [-0.15, -0.1) is 0 Å². The number of rotatable bonds is 0. The van der Waals surface area contributed by atoms with Crippen LogP contribution in [0.2, 0.25) is 0 Å². The Labute approximate surface area is 45.8 Å². The number of halogens is 2. The maximum absolute atomic E-state index is 11.8. The van der Waals surface area contributed by atoms with Crippen molar-refractivity contribution in [3.63, 3.8) is 0 Å². The summed E-state index contributed by atoms with van der Waals surface area (Å²) in [5, 5.41) is 0. The van der Waals surface area contributed by atoms with Gasteiger partial charge in [0.05, 0.1) is 0 Å². The molecule has 8 heavy (non-hydrogen) atoms. The highest BCUT2D eigenvalue weighted by molar-refractivity contribution is 5.01. The molecule has 0 N–H and O–H groups in total. The van der Waals surface area contributed by atoms with Gasteiger partial charge in [-0.3, -0.25) is 0 Å². The minimum atomic E-state index is -0.591. The first-order valence-corrected chi connectivity index (χ1v) is 2.04. The van der Waals surface area contributed by atoms with E-state index in [1.807, 2.05) is 12.1 Å². The fourth-order valence-corrected chi connectivity index (χ4v) is 0.349. The molecule has 1 aromatic carbocycles. The van der Waals surface area contributed by atoms with Gasteiger partial charge in [0.1, 0.15) is 11.6 Å². The van der Waals surface area contributed by atoms with Gasteiger partial charge in [0.15, 0.2) is 0 Å². The Morgan fingerprint density at radius 2 is 1.38 bits per heavy atom. The second kappa shape index (κ2) is 1.90. The zero-order valence-corrected chi connectivity index (χ0v) is 3.91. The molecule has 0 spiro atoms. The van der Waals surface area contributed by atoms with Crippen molar-refractivity contribution in [1.29, 1.82) is 0 Å². The summed E-state index contributed by atoms with van der Waals surface area (Å²) in [6.07, 6.45) is 0. The lowest BCUT2D eigenvalue weighted by atomic mass is 10.3. The smallest absolute Gasteiger partial charge is 0.131 e. The van der Waals surface area contributed by atoms with Gasteiger partial charge in [-0.25, -0.2) is 8.78 Å². The van der Waals surface area contributed by atoms with Crippen LogP contribution in [0.15, 0.2) is 12.1 Å². The maximum atomic E-state index is 11.8. The quantitative estimate of drug-likeness (QED) is 0.477. The summed E-state index contributed by atoms with van der Waals surface area (Å²) in [5.41, 5.74) is 0. The van der Waals surface area contributed by atoms with Crippen molar-refractivity contribution in [1.82, 2.24) is 0 Å². The lowest BCUT2D eigenvalue weighted by Crippen LogP contribution is -1.74. The van der Waals surface area contributed by atoms with Crippen LogP contribution >= 0.6 is 0 Å². The van der Waals surface area contributed by atoms with E-state index in [4.69, 9.17) is 0 Å². The highest BCUT2D eigenvalue weighted by Gasteiger charge is 1.88. The normalized spacial score (nSPS) is 9.25. The molecular weight excluding hydrogens is 110 g/mol. The average Bonchev–Trinajstić information content (AvgIpc) is 1.77. The van der Waals surface area contributed by atoms with Crippen LogP contribution < -0.4 is 0 Å². The van der Waals surface area contributed by atoms with Crippen molar-refractivity contribution >= 4 is 0 Å². The lowest BCUT2D eigenvalue weighted by molar-refractivity contribution is 0.596. The van der Waals surface area contributed by atoms with Gasteiger partial charge in [-0.2, -0.15) is 0 Å². The van der Waals surface area contributed by atoms with Gasteiger partial charge in [-0.1, -0.05) is 0 Å². The molecular formula is C6H2F2. The first-order chi connectivity index (χ1) is 3.79. The molecule has 0 nitrogen and oxygen atoms in total. The molecule has 1 rings (SSSR count). The molecule has 0 aliphatic rings. The molecule has 0 saturated heterocycles. The zero-order chi connectivity index (χ0) is 5.98. The van der Waals surface area contributed by atoms with E-state index in [2.05, 4.69) is 0 Å². The van der Waals surface area contributed by atoms with Gasteiger partial charge >= 0.3 is 0 Å². The van der Waals surface area contributed by atoms with Crippen molar-refractivity contribution in [2.75, 3.05) is 0 Å². The zero-order valence-electron chi connectivity index (χ0n) is 3.91. The van der Waals surface area contributed by atoms with E-state index in [0.29, 0.717) is 0 Å². The van der Waals surface area contributed by atoms with Crippen molar-refractivity contribution in [2.24, 2.45) is 0 Å². The molecule has 0 heterocycles. The van der Waals surface area contributed by atoms with Crippen molar-refractivity contribution in [2.45, 2.75) is 0 Å². The van der Waals surface area contributed by atoms with Crippen LogP contribution in [0.5, 0.6) is 0 Å². The first kappa shape index (κ1) is 5.22. The molecule has 40 valence electrons. The predicted molar refractivity (Wildman–Crippen MR) is 24.0 cm³/mol. The van der Waals surface area contributed by atoms with Crippen molar-refractivity contribution in [3.8, 4) is 0 Å². The van der Waals surface area contributed by atoms with Crippen LogP contribution in [0, 0.1) is 23.8 Å². The fourth-order valence-electron chi connectivity index (χ4n) is 0.349. The van der Waals surface area contributed by atoms with Gasteiger partial charge in [-0.05, 0) is 12.1 Å². The summed E-state index contributed by atoms with van der Waals surface area (Å²) in [6.45, 7) is 0. The molecule has 0 aliphatic heterocycles. The van der Waals surface area contributed by atoms with Crippen LogP contribution in [-0.2, 0) is 0 Å². The van der Waals surface area contributed by atoms with Gasteiger partial charge in [0.25, 0.3) is 0 Å². The monoisotopic (exact) mass is 112 g/mol. The lowest BCUT2D eigenvalue weighted by Gasteiger charge is -1.82. The minimum absolute atomic E-state index is 0.591. The molecule has 2 radical (unpaired) electrons. The van der Waals surface area contributed by atoms with E-state index in [9.17, 15) is 8.78 Å². The van der Waals surface area contributed by atoms with Crippen LogP contribution in [-0.4, -0.2) is 0 Å². The summed E-state index contributed by atoms with van der Waals surface area (Å²) >= 11 is 0. The van der Waals surface area contributed by atoms with E-state index in [-0.39, 0.29) is 0 Å². The third-order valence-electron chi connectivity index (χ3n) is 0.677. The van der Waals surface area contributed by atoms with E-state index < -0.39 is 11.6 Å². The molecule has 0 atom stereocenters. The largest absolute Gasteiger partial charge is 0.206 e. The van der Waals surface area contributed by atoms with E-state index in [0.717, 1.165) is 12.1 Å². The van der Waals surface area contributed by atoms with Gasteiger partial charge in [0, 0.05) is 12.1 Å². The van der Waals surface area contributed by atoms with E-state index in [1.54, 1.807) is 0 Å². The summed E-state index contributed by atoms with van der Waals surface area (Å²) < 4.78 is 23.7. The molecule has 1 aromatic rings. The Balaban J connectivity index is 3.03. The Bertz CT molecular complexity index is 145. The SMILES string of the molecule is Fc1[c][c]c(F)cc1. The van der Waals surface area contributed by atoms with Crippen LogP contribution in [0.3, 0.4) is 0 Å². The van der Waals surface area contributed by atoms with Gasteiger partial charge < -0.3 is 0 Å². The van der Waals surface area contributed by atoms with Crippen molar-refractivity contribution < 1.29 is 8.78 Å². The molecule has 0 aliphatic carbocycles. The van der Waals surface area contributed by atoms with E-state index in [1.165, 1.54) is 0 Å².